The highest BCUT2D eigenvalue weighted by molar-refractivity contribution is 7.80. The molecule has 0 aromatic heterocycles. The van der Waals surface area contributed by atoms with Crippen LogP contribution in [0.25, 0.3) is 0 Å². The molecule has 116 valence electrons. The van der Waals surface area contributed by atoms with Crippen molar-refractivity contribution < 1.29 is 24.6 Å². The molecule has 0 aliphatic carbocycles. The fraction of sp³-hybridized carbons (Fsp3) is 0.727. The van der Waals surface area contributed by atoms with Crippen molar-refractivity contribution in [3.05, 3.63) is 0 Å². The molecule has 9 heteroatoms. The minimum absolute atomic E-state index is 0.0787. The van der Waals surface area contributed by atoms with E-state index in [1.54, 1.807) is 13.8 Å². The average Bonchev–Trinajstić information content (AvgIpc) is 2.39. The molecule has 0 spiro atoms. The number of carboxylic acid groups (broad SMARTS) is 1. The van der Waals surface area contributed by atoms with Crippen LogP contribution in [0.15, 0.2) is 0 Å². The van der Waals surface area contributed by atoms with E-state index in [4.69, 9.17) is 15.9 Å². The summed E-state index contributed by atoms with van der Waals surface area (Å²) in [6, 6.07) is -3.28. The first kappa shape index (κ1) is 18.7. The summed E-state index contributed by atoms with van der Waals surface area (Å²) in [6.07, 6.45) is 0. The van der Waals surface area contributed by atoms with Gasteiger partial charge in [0.15, 0.2) is 0 Å². The Morgan fingerprint density at radius 3 is 2.10 bits per heavy atom. The Morgan fingerprint density at radius 1 is 1.20 bits per heavy atom. The van der Waals surface area contributed by atoms with Gasteiger partial charge in [-0.05, 0) is 5.92 Å². The van der Waals surface area contributed by atoms with Crippen molar-refractivity contribution in [1.82, 2.24) is 10.6 Å². The summed E-state index contributed by atoms with van der Waals surface area (Å²) < 4.78 is 0. The molecule has 0 fully saturated rings. The molecule has 0 aliphatic heterocycles. The monoisotopic (exact) mass is 307 g/mol. The van der Waals surface area contributed by atoms with E-state index in [0.29, 0.717) is 0 Å². The fourth-order valence-corrected chi connectivity index (χ4v) is 1.49. The van der Waals surface area contributed by atoms with Gasteiger partial charge < -0.3 is 26.6 Å². The van der Waals surface area contributed by atoms with E-state index in [-0.39, 0.29) is 11.7 Å². The molecule has 0 heterocycles. The predicted octanol–water partition coefficient (Wildman–Crippen LogP) is -2.05. The molecule has 0 aromatic rings. The minimum atomic E-state index is -1.26. The van der Waals surface area contributed by atoms with Crippen molar-refractivity contribution in [3.8, 4) is 0 Å². The van der Waals surface area contributed by atoms with Gasteiger partial charge in [-0.3, -0.25) is 9.59 Å². The number of carbonyl (C=O) groups is 3. The Balaban J connectivity index is 4.70. The van der Waals surface area contributed by atoms with Gasteiger partial charge in [-0.15, -0.1) is 0 Å². The van der Waals surface area contributed by atoms with Gasteiger partial charge in [-0.1, -0.05) is 13.8 Å². The molecule has 3 atom stereocenters. The first-order chi connectivity index (χ1) is 9.24. The normalized spacial score (nSPS) is 15.3. The molecule has 0 bridgehead atoms. The molecular weight excluding hydrogens is 286 g/mol. The lowest BCUT2D eigenvalue weighted by Gasteiger charge is -2.22. The van der Waals surface area contributed by atoms with Crippen LogP contribution in [0.3, 0.4) is 0 Å². The lowest BCUT2D eigenvalue weighted by atomic mass is 10.0. The van der Waals surface area contributed by atoms with Crippen molar-refractivity contribution in [2.24, 2.45) is 11.7 Å². The zero-order valence-electron chi connectivity index (χ0n) is 11.4. The number of nitrogens with two attached hydrogens (primary N) is 1. The highest BCUT2D eigenvalue weighted by Crippen LogP contribution is 2.02. The Labute approximate surface area is 122 Å². The van der Waals surface area contributed by atoms with Crippen molar-refractivity contribution in [2.45, 2.75) is 32.0 Å². The van der Waals surface area contributed by atoms with Gasteiger partial charge in [0, 0.05) is 5.75 Å². The molecule has 6 N–H and O–H groups in total. The maximum Gasteiger partial charge on any atom is 0.326 e. The molecule has 0 aromatic carbocycles. The third-order valence-electron chi connectivity index (χ3n) is 2.58. The van der Waals surface area contributed by atoms with Gasteiger partial charge in [0.2, 0.25) is 11.8 Å². The third kappa shape index (κ3) is 5.76. The van der Waals surface area contributed by atoms with Crippen LogP contribution in [0.5, 0.6) is 0 Å². The summed E-state index contributed by atoms with van der Waals surface area (Å²) in [5.41, 5.74) is 5.42. The van der Waals surface area contributed by atoms with E-state index >= 15 is 0 Å². The Kier molecular flexibility index (Phi) is 8.19. The largest absolute Gasteiger partial charge is 0.480 e. The number of hydrogen-bond donors (Lipinski definition) is 6. The van der Waals surface area contributed by atoms with Crippen LogP contribution in [-0.4, -0.2) is 58.5 Å². The van der Waals surface area contributed by atoms with Crippen molar-refractivity contribution in [3.63, 3.8) is 0 Å². The SMILES string of the molecule is CC(C)[C@H](NC(=O)[C@H](CO)NC(=O)[C@@H](N)CS)C(=O)O. The van der Waals surface area contributed by atoms with Crippen LogP contribution in [0.2, 0.25) is 0 Å². The number of carbonyl (C=O) groups excluding carboxylic acids is 2. The number of aliphatic hydroxyl groups excluding tert-OH is 1. The Morgan fingerprint density at radius 2 is 1.75 bits per heavy atom. The van der Waals surface area contributed by atoms with E-state index in [1.165, 1.54) is 0 Å². The summed E-state index contributed by atoms with van der Waals surface area (Å²) in [4.78, 5) is 34.3. The lowest BCUT2D eigenvalue weighted by molar-refractivity contribution is -0.143. The molecule has 0 saturated carbocycles. The molecule has 20 heavy (non-hydrogen) atoms. The highest BCUT2D eigenvalue weighted by atomic mass is 32.1. The summed E-state index contributed by atoms with van der Waals surface area (Å²) in [7, 11) is 0. The van der Waals surface area contributed by atoms with Gasteiger partial charge in [-0.25, -0.2) is 4.79 Å². The Hall–Kier alpha value is -1.32. The van der Waals surface area contributed by atoms with Crippen LogP contribution in [0.4, 0.5) is 0 Å². The number of nitrogens with one attached hydrogen (secondary N) is 2. The number of amides is 2. The number of thiol groups is 1. The summed E-state index contributed by atoms with van der Waals surface area (Å²) >= 11 is 3.84. The molecule has 8 nitrogen and oxygen atoms in total. The second kappa shape index (κ2) is 8.77. The minimum Gasteiger partial charge on any atom is -0.480 e. The number of carboxylic acids is 1. The quantitative estimate of drug-likeness (QED) is 0.285. The fourth-order valence-electron chi connectivity index (χ4n) is 1.32. The van der Waals surface area contributed by atoms with E-state index in [0.717, 1.165) is 0 Å². The average molecular weight is 307 g/mol. The number of aliphatic hydroxyl groups is 1. The first-order valence-electron chi connectivity index (χ1n) is 6.05. The van der Waals surface area contributed by atoms with Crippen LogP contribution in [0.1, 0.15) is 13.8 Å². The second-order valence-electron chi connectivity index (χ2n) is 4.60. The maximum absolute atomic E-state index is 11.8. The van der Waals surface area contributed by atoms with Crippen molar-refractivity contribution in [2.75, 3.05) is 12.4 Å². The van der Waals surface area contributed by atoms with Gasteiger partial charge in [0.1, 0.15) is 12.1 Å². The van der Waals surface area contributed by atoms with E-state index in [9.17, 15) is 14.4 Å². The molecule has 0 saturated heterocycles. The summed E-state index contributed by atoms with van der Waals surface area (Å²) in [5.74, 6) is -2.89. The third-order valence-corrected chi connectivity index (χ3v) is 2.97. The lowest BCUT2D eigenvalue weighted by Crippen LogP contribution is -2.56. The first-order valence-corrected chi connectivity index (χ1v) is 6.68. The molecular formula is C11H21N3O5S. The van der Waals surface area contributed by atoms with Gasteiger partial charge in [-0.2, -0.15) is 12.6 Å². The molecule has 0 unspecified atom stereocenters. The zero-order valence-corrected chi connectivity index (χ0v) is 12.3. The van der Waals surface area contributed by atoms with E-state index < -0.39 is 42.5 Å². The van der Waals surface area contributed by atoms with Crippen LogP contribution < -0.4 is 16.4 Å². The van der Waals surface area contributed by atoms with Gasteiger partial charge >= 0.3 is 5.97 Å². The van der Waals surface area contributed by atoms with Crippen molar-refractivity contribution >= 4 is 30.4 Å². The molecule has 0 aliphatic rings. The maximum atomic E-state index is 11.8. The number of rotatable bonds is 8. The molecule has 2 amide bonds. The second-order valence-corrected chi connectivity index (χ2v) is 4.97. The van der Waals surface area contributed by atoms with Gasteiger partial charge in [0.05, 0.1) is 12.6 Å². The number of aliphatic carboxylic acids is 1. The predicted molar refractivity (Wildman–Crippen MR) is 75.2 cm³/mol. The summed E-state index contributed by atoms with van der Waals surface area (Å²) in [6.45, 7) is 2.59. The van der Waals surface area contributed by atoms with Crippen LogP contribution >= 0.6 is 12.6 Å². The summed E-state index contributed by atoms with van der Waals surface area (Å²) in [5, 5.41) is 22.6. The van der Waals surface area contributed by atoms with E-state index in [1.807, 2.05) is 0 Å². The van der Waals surface area contributed by atoms with Crippen molar-refractivity contribution in [1.29, 1.82) is 0 Å². The van der Waals surface area contributed by atoms with E-state index in [2.05, 4.69) is 23.3 Å². The smallest absolute Gasteiger partial charge is 0.326 e. The zero-order chi connectivity index (χ0) is 15.9. The Bertz CT molecular complexity index is 364. The highest BCUT2D eigenvalue weighted by Gasteiger charge is 2.28. The standard InChI is InChI=1S/C11H21N3O5S/c1-5(2)8(11(18)19)14-10(17)7(3-15)13-9(16)6(12)4-20/h5-8,15,20H,3-4,12H2,1-2H3,(H,13,16)(H,14,17)(H,18,19)/t6-,7-,8-/m0/s1. The number of hydrogen-bond acceptors (Lipinski definition) is 6. The topological polar surface area (TPSA) is 142 Å². The van der Waals surface area contributed by atoms with Crippen LogP contribution in [0, 0.1) is 5.92 Å². The molecule has 0 radical (unpaired) electrons. The molecule has 0 rings (SSSR count). The van der Waals surface area contributed by atoms with Crippen LogP contribution in [-0.2, 0) is 14.4 Å². The van der Waals surface area contributed by atoms with Gasteiger partial charge in [0.25, 0.3) is 0 Å².